The Balaban J connectivity index is 0.000000360. The topological polar surface area (TPSA) is 0 Å². The van der Waals surface area contributed by atoms with E-state index in [9.17, 15) is 0 Å². The third-order valence-electron chi connectivity index (χ3n) is 5.12. The second-order valence-corrected chi connectivity index (χ2v) is 9.79. The van der Waals surface area contributed by atoms with Crippen molar-refractivity contribution in [3.05, 3.63) is 45.6 Å². The Morgan fingerprint density at radius 2 is 0.870 bits per heavy atom. The maximum atomic E-state index is 4.83. The Hall–Kier alpha value is 0.163. The van der Waals surface area contributed by atoms with Gasteiger partial charge in [0.15, 0.2) is 0 Å². The molecule has 0 heterocycles. The summed E-state index contributed by atoms with van der Waals surface area (Å²) in [5.74, 6) is 0. The van der Waals surface area contributed by atoms with Gasteiger partial charge in [0, 0.05) is 0 Å². The van der Waals surface area contributed by atoms with Crippen molar-refractivity contribution in [3.8, 4) is 0 Å². The van der Waals surface area contributed by atoms with Crippen molar-refractivity contribution in [2.45, 2.75) is 69.2 Å². The molecule has 2 aliphatic carbocycles. The number of allylic oxidation sites excluding steroid dienone is 8. The fraction of sp³-hybridized carbons (Fsp3) is 0.600. The van der Waals surface area contributed by atoms with Gasteiger partial charge in [0.2, 0.25) is 0 Å². The van der Waals surface area contributed by atoms with Crippen molar-refractivity contribution in [3.63, 3.8) is 0 Å². The average Bonchev–Trinajstić information content (AvgIpc) is 2.71. The predicted octanol–water partition coefficient (Wildman–Crippen LogP) is 7.60. The van der Waals surface area contributed by atoms with Gasteiger partial charge < -0.3 is 0 Å². The van der Waals surface area contributed by atoms with Crippen molar-refractivity contribution >= 4 is 19.4 Å². The van der Waals surface area contributed by atoms with E-state index >= 15 is 0 Å². The first-order valence-electron chi connectivity index (χ1n) is 7.75. The third kappa shape index (κ3) is 6.19. The monoisotopic (exact) mass is 443 g/mol. The first-order chi connectivity index (χ1) is 10.3. The number of hydrogen-bond acceptors (Lipinski definition) is 0. The Morgan fingerprint density at radius 3 is 0.913 bits per heavy atom. The summed E-state index contributed by atoms with van der Waals surface area (Å²) in [6.45, 7) is 21.8. The van der Waals surface area contributed by atoms with Crippen molar-refractivity contribution in [1.82, 2.24) is 0 Å². The van der Waals surface area contributed by atoms with E-state index in [1.54, 1.807) is 0 Å². The van der Waals surface area contributed by atoms with Crippen molar-refractivity contribution in [2.24, 2.45) is 10.8 Å². The molecule has 0 spiro atoms. The van der Waals surface area contributed by atoms with E-state index in [4.69, 9.17) is 19.4 Å². The molecule has 0 aromatic rings. The van der Waals surface area contributed by atoms with Gasteiger partial charge in [0.05, 0.1) is 0 Å². The van der Waals surface area contributed by atoms with Gasteiger partial charge >= 0.3 is 34.5 Å². The second kappa shape index (κ2) is 9.03. The molecule has 0 aliphatic heterocycles. The molecule has 2 rings (SSSR count). The molecule has 3 heteroatoms. The predicted molar refractivity (Wildman–Crippen MR) is 101 cm³/mol. The minimum absolute atomic E-state index is 0.189. The van der Waals surface area contributed by atoms with Gasteiger partial charge in [0.1, 0.15) is 0 Å². The summed E-state index contributed by atoms with van der Waals surface area (Å²) in [5.41, 5.74) is 8.79. The van der Waals surface area contributed by atoms with Gasteiger partial charge in [-0.3, -0.25) is 12.2 Å². The molecular weight excluding hydrogens is 414 g/mol. The maximum absolute atomic E-state index is 4.83. The van der Waals surface area contributed by atoms with E-state index in [0.29, 0.717) is 0 Å². The molecule has 0 saturated heterocycles. The first kappa shape index (κ1) is 23.2. The summed E-state index contributed by atoms with van der Waals surface area (Å²) in [6.07, 6.45) is 6.87. The number of halogens is 2. The number of rotatable bonds is 0. The van der Waals surface area contributed by atoms with E-state index in [0.717, 1.165) is 0 Å². The molecule has 0 amide bonds. The van der Waals surface area contributed by atoms with Crippen LogP contribution in [0, 0.1) is 23.0 Å². The fourth-order valence-corrected chi connectivity index (χ4v) is 2.81. The number of hydrogen-bond donors (Lipinski definition) is 0. The van der Waals surface area contributed by atoms with E-state index in [1.807, 2.05) is 0 Å². The van der Waals surface area contributed by atoms with Gasteiger partial charge in [-0.15, -0.1) is 13.8 Å². The van der Waals surface area contributed by atoms with Crippen LogP contribution < -0.4 is 0 Å². The van der Waals surface area contributed by atoms with Crippen LogP contribution in [-0.4, -0.2) is 0 Å². The van der Waals surface area contributed by atoms with E-state index < -0.39 is 0 Å². The summed E-state index contributed by atoms with van der Waals surface area (Å²) in [5, 5.41) is 0. The van der Waals surface area contributed by atoms with Crippen LogP contribution >= 0.6 is 19.4 Å². The van der Waals surface area contributed by atoms with Crippen molar-refractivity contribution in [2.75, 3.05) is 0 Å². The summed E-state index contributed by atoms with van der Waals surface area (Å²) in [7, 11) is 9.67. The standard InChI is InChI=1S/2C10H15.2ClH.Rh/c2*1-7-6-10(4,5)9(3)8(7)2;;;/h2*1-5H3;2*1H;/q2*-1;;;+2/p-2. The van der Waals surface area contributed by atoms with Crippen LogP contribution in [0.1, 0.15) is 69.2 Å². The average molecular weight is 444 g/mol. The van der Waals surface area contributed by atoms with Crippen molar-refractivity contribution in [1.29, 1.82) is 0 Å². The molecule has 0 fully saturated rings. The zero-order valence-corrected chi connectivity index (χ0v) is 19.2. The van der Waals surface area contributed by atoms with Crippen LogP contribution in [0.15, 0.2) is 33.4 Å². The van der Waals surface area contributed by atoms with Gasteiger partial charge in [-0.1, -0.05) is 66.2 Å². The van der Waals surface area contributed by atoms with Gasteiger partial charge in [-0.2, -0.15) is 22.3 Å². The molecule has 0 radical (unpaired) electrons. The van der Waals surface area contributed by atoms with Crippen LogP contribution in [0.25, 0.3) is 0 Å². The van der Waals surface area contributed by atoms with Gasteiger partial charge in [-0.25, -0.2) is 11.1 Å². The molecular formula is C20H30Cl2Rh-2. The molecule has 0 bridgehead atoms. The molecule has 135 valence electrons. The zero-order chi connectivity index (χ0) is 18.6. The van der Waals surface area contributed by atoms with E-state index in [2.05, 4.69) is 81.4 Å². The second-order valence-electron chi connectivity index (χ2n) is 7.30. The van der Waals surface area contributed by atoms with Crippen LogP contribution in [0.4, 0.5) is 0 Å². The zero-order valence-electron chi connectivity index (χ0n) is 16.1. The first-order valence-corrected chi connectivity index (χ1v) is 12.0. The Labute approximate surface area is 159 Å². The van der Waals surface area contributed by atoms with Crippen LogP contribution in [0.3, 0.4) is 0 Å². The van der Waals surface area contributed by atoms with Gasteiger partial charge in [0.25, 0.3) is 0 Å². The molecule has 23 heavy (non-hydrogen) atoms. The van der Waals surface area contributed by atoms with E-state index in [-0.39, 0.29) is 26.0 Å². The molecule has 0 N–H and O–H groups in total. The molecule has 0 nitrogen and oxygen atoms in total. The minimum atomic E-state index is -0.226. The van der Waals surface area contributed by atoms with Gasteiger partial charge in [-0.05, 0) is 0 Å². The normalized spacial score (nSPS) is 21.4. The Morgan fingerprint density at radius 1 is 0.652 bits per heavy atom. The Bertz CT molecular complexity index is 508. The summed E-state index contributed by atoms with van der Waals surface area (Å²) < 4.78 is 0. The van der Waals surface area contributed by atoms with Crippen LogP contribution in [0.2, 0.25) is 0 Å². The SMILES string of the molecule is CC1=[C-]C(C)(C)C(C)=C1C.CC1=[C-]C(C)(C)C(C)=C1C.[Cl][Rh][Cl]. The van der Waals surface area contributed by atoms with Crippen LogP contribution in [-0.2, 0) is 15.1 Å². The molecule has 0 unspecified atom stereocenters. The quantitative estimate of drug-likeness (QED) is 0.267. The molecule has 0 saturated carbocycles. The molecule has 2 aliphatic rings. The molecule has 0 aromatic carbocycles. The van der Waals surface area contributed by atoms with E-state index in [1.165, 1.54) is 33.4 Å². The summed E-state index contributed by atoms with van der Waals surface area (Å²) in [6, 6.07) is 0. The Kier molecular flexibility index (Phi) is 9.09. The fourth-order valence-electron chi connectivity index (χ4n) is 2.81. The molecule has 0 aromatic heterocycles. The third-order valence-corrected chi connectivity index (χ3v) is 5.12. The van der Waals surface area contributed by atoms with Crippen molar-refractivity contribution < 1.29 is 15.1 Å². The summed E-state index contributed by atoms with van der Waals surface area (Å²) >= 11 is -0.226. The summed E-state index contributed by atoms with van der Waals surface area (Å²) in [4.78, 5) is 0. The van der Waals surface area contributed by atoms with Crippen LogP contribution in [0.5, 0.6) is 0 Å². The molecule has 0 atom stereocenters.